The van der Waals surface area contributed by atoms with E-state index in [0.717, 1.165) is 25.6 Å². The first-order valence-electron chi connectivity index (χ1n) is 8.45. The summed E-state index contributed by atoms with van der Waals surface area (Å²) >= 11 is 0. The first kappa shape index (κ1) is 16.0. The van der Waals surface area contributed by atoms with Crippen LogP contribution in [0.2, 0.25) is 0 Å². The van der Waals surface area contributed by atoms with E-state index >= 15 is 0 Å². The van der Waals surface area contributed by atoms with E-state index in [2.05, 4.69) is 4.90 Å². The van der Waals surface area contributed by atoms with E-state index in [9.17, 15) is 12.8 Å². The summed E-state index contributed by atoms with van der Waals surface area (Å²) < 4.78 is 41.2. The van der Waals surface area contributed by atoms with Crippen molar-refractivity contribution in [3.63, 3.8) is 0 Å². The summed E-state index contributed by atoms with van der Waals surface area (Å²) in [4.78, 5) is 2.30. The largest absolute Gasteiger partial charge is 0.300 e. The highest BCUT2D eigenvalue weighted by molar-refractivity contribution is 7.89. The van der Waals surface area contributed by atoms with Crippen LogP contribution in [0.25, 0.3) is 0 Å². The average molecular weight is 349 g/mol. The van der Waals surface area contributed by atoms with E-state index in [4.69, 9.17) is 5.26 Å². The molecular weight excluding hydrogens is 329 g/mol. The molecule has 1 aromatic carbocycles. The third-order valence-corrected chi connectivity index (χ3v) is 7.66. The van der Waals surface area contributed by atoms with Crippen LogP contribution in [0.4, 0.5) is 4.39 Å². The minimum atomic E-state index is -3.83. The molecule has 3 aliphatic rings. The maximum Gasteiger partial charge on any atom is 0.244 e. The Balaban J connectivity index is 1.62. The molecule has 0 saturated carbocycles. The second kappa shape index (κ2) is 5.80. The minimum Gasteiger partial charge on any atom is -0.300 e. The third-order valence-electron chi connectivity index (χ3n) is 5.79. The number of hydrogen-bond acceptors (Lipinski definition) is 4. The van der Waals surface area contributed by atoms with Crippen LogP contribution in [0.5, 0.6) is 0 Å². The molecule has 3 saturated heterocycles. The fourth-order valence-electron chi connectivity index (χ4n) is 4.68. The van der Waals surface area contributed by atoms with Crippen LogP contribution >= 0.6 is 0 Å². The molecule has 0 N–H and O–H groups in total. The van der Waals surface area contributed by atoms with Gasteiger partial charge in [-0.25, -0.2) is 12.8 Å². The van der Waals surface area contributed by atoms with Crippen molar-refractivity contribution in [2.24, 2.45) is 11.8 Å². The number of nitriles is 1. The molecule has 1 aromatic rings. The van der Waals surface area contributed by atoms with Gasteiger partial charge in [0.05, 0.1) is 0 Å². The van der Waals surface area contributed by atoms with Crippen molar-refractivity contribution in [2.75, 3.05) is 26.2 Å². The Labute approximate surface area is 141 Å². The summed E-state index contributed by atoms with van der Waals surface area (Å²) in [5.74, 6) is -0.0717. The van der Waals surface area contributed by atoms with Crippen molar-refractivity contribution in [2.45, 2.75) is 30.2 Å². The second-order valence-corrected chi connectivity index (χ2v) is 8.94. The molecule has 4 rings (SSSR count). The predicted octanol–water partition coefficient (Wildman–Crippen LogP) is 1.80. The minimum absolute atomic E-state index is 0.203. The van der Waals surface area contributed by atoms with Crippen LogP contribution in [0.3, 0.4) is 0 Å². The number of nitrogens with zero attached hydrogens (tertiary/aromatic N) is 3. The molecule has 0 aromatic heterocycles. The topological polar surface area (TPSA) is 64.4 Å². The van der Waals surface area contributed by atoms with Gasteiger partial charge in [0.25, 0.3) is 0 Å². The lowest BCUT2D eigenvalue weighted by atomic mass is 9.90. The molecule has 0 aliphatic carbocycles. The van der Waals surface area contributed by atoms with Crippen molar-refractivity contribution >= 4 is 10.0 Å². The highest BCUT2D eigenvalue weighted by Crippen LogP contribution is 2.42. The van der Waals surface area contributed by atoms with Crippen LogP contribution in [0.15, 0.2) is 23.1 Å². The Morgan fingerprint density at radius 2 is 2.04 bits per heavy atom. The predicted molar refractivity (Wildman–Crippen MR) is 86.1 cm³/mol. The smallest absolute Gasteiger partial charge is 0.244 e. The molecule has 0 amide bonds. The fourth-order valence-corrected chi connectivity index (χ4v) is 6.36. The number of halogens is 1. The summed E-state index contributed by atoms with van der Waals surface area (Å²) in [6, 6.07) is 5.98. The third kappa shape index (κ3) is 2.36. The van der Waals surface area contributed by atoms with Gasteiger partial charge in [0, 0.05) is 25.7 Å². The van der Waals surface area contributed by atoms with Crippen molar-refractivity contribution in [1.29, 1.82) is 5.26 Å². The Kier molecular flexibility index (Phi) is 3.87. The van der Waals surface area contributed by atoms with E-state index in [-0.39, 0.29) is 10.5 Å². The molecule has 0 radical (unpaired) electrons. The standard InChI is InChI=1S/C17H20FN3O2S/c18-15-4-3-6-17(13(15)8-19)24(22,23)21-10-12-9-20-7-2-1-5-16(20)14(12)11-21/h3-4,6,12,14,16H,1-2,5,7,9-11H2/t12-,14+,16-/m0/s1. The first-order valence-corrected chi connectivity index (χ1v) is 9.89. The van der Waals surface area contributed by atoms with Gasteiger partial charge in [0.1, 0.15) is 22.3 Å². The zero-order chi connectivity index (χ0) is 16.9. The lowest BCUT2D eigenvalue weighted by Gasteiger charge is -2.33. The molecule has 128 valence electrons. The van der Waals surface area contributed by atoms with E-state index < -0.39 is 15.8 Å². The Morgan fingerprint density at radius 1 is 1.21 bits per heavy atom. The van der Waals surface area contributed by atoms with Crippen molar-refractivity contribution in [1.82, 2.24) is 9.21 Å². The average Bonchev–Trinajstić information content (AvgIpc) is 3.12. The first-order chi connectivity index (χ1) is 11.5. The SMILES string of the molecule is N#Cc1c(F)cccc1S(=O)(=O)N1C[C@@H]2CN3CCCC[C@H]3[C@@H]2C1. The molecule has 3 heterocycles. The molecule has 0 unspecified atom stereocenters. The Hall–Kier alpha value is -1.49. The summed E-state index contributed by atoms with van der Waals surface area (Å²) in [6.07, 6.45) is 3.57. The van der Waals surface area contributed by atoms with Crippen LogP contribution in [-0.2, 0) is 10.0 Å². The lowest BCUT2D eigenvalue weighted by molar-refractivity contribution is 0.165. The molecule has 7 heteroatoms. The van der Waals surface area contributed by atoms with Gasteiger partial charge < -0.3 is 0 Å². The number of fused-ring (bicyclic) bond motifs is 3. The molecule has 0 spiro atoms. The monoisotopic (exact) mass is 349 g/mol. The van der Waals surface area contributed by atoms with Gasteiger partial charge in [-0.15, -0.1) is 0 Å². The maximum atomic E-state index is 13.8. The van der Waals surface area contributed by atoms with E-state index in [1.165, 1.54) is 29.3 Å². The van der Waals surface area contributed by atoms with E-state index in [0.29, 0.717) is 31.0 Å². The zero-order valence-electron chi connectivity index (χ0n) is 13.4. The number of benzene rings is 1. The highest BCUT2D eigenvalue weighted by Gasteiger charge is 2.50. The summed E-state index contributed by atoms with van der Waals surface area (Å²) in [5.41, 5.74) is -0.381. The van der Waals surface area contributed by atoms with Gasteiger partial charge in [-0.1, -0.05) is 12.5 Å². The summed E-state index contributed by atoms with van der Waals surface area (Å²) in [6.45, 7) is 3.03. The second-order valence-electron chi connectivity index (χ2n) is 7.03. The molecule has 24 heavy (non-hydrogen) atoms. The molecule has 3 fully saturated rings. The Morgan fingerprint density at radius 3 is 2.83 bits per heavy atom. The van der Waals surface area contributed by atoms with E-state index in [1.54, 1.807) is 6.07 Å². The number of rotatable bonds is 2. The van der Waals surface area contributed by atoms with Crippen LogP contribution in [0, 0.1) is 29.0 Å². The normalized spacial score (nSPS) is 30.8. The number of hydrogen-bond donors (Lipinski definition) is 0. The van der Waals surface area contributed by atoms with Crippen LogP contribution in [-0.4, -0.2) is 49.8 Å². The van der Waals surface area contributed by atoms with E-state index in [1.807, 2.05) is 0 Å². The van der Waals surface area contributed by atoms with Crippen LogP contribution in [0.1, 0.15) is 24.8 Å². The summed E-state index contributed by atoms with van der Waals surface area (Å²) in [5, 5.41) is 9.14. The zero-order valence-corrected chi connectivity index (χ0v) is 14.2. The number of sulfonamides is 1. The number of piperidine rings is 1. The van der Waals surface area contributed by atoms with Gasteiger partial charge in [-0.2, -0.15) is 9.57 Å². The lowest BCUT2D eigenvalue weighted by Crippen LogP contribution is -2.41. The van der Waals surface area contributed by atoms with Gasteiger partial charge >= 0.3 is 0 Å². The Bertz CT molecular complexity index is 805. The van der Waals surface area contributed by atoms with Gasteiger partial charge in [0.15, 0.2) is 0 Å². The van der Waals surface area contributed by atoms with Crippen molar-refractivity contribution in [3.8, 4) is 6.07 Å². The summed E-state index contributed by atoms with van der Waals surface area (Å²) in [7, 11) is -3.83. The van der Waals surface area contributed by atoms with Gasteiger partial charge in [-0.3, -0.25) is 4.90 Å². The van der Waals surface area contributed by atoms with Crippen LogP contribution < -0.4 is 0 Å². The molecule has 3 atom stereocenters. The molecule has 5 nitrogen and oxygen atoms in total. The quantitative estimate of drug-likeness (QED) is 0.817. The van der Waals surface area contributed by atoms with Crippen molar-refractivity contribution < 1.29 is 12.8 Å². The molecular formula is C17H20FN3O2S. The molecule has 3 aliphatic heterocycles. The maximum absolute atomic E-state index is 13.8. The molecule has 0 bridgehead atoms. The van der Waals surface area contributed by atoms with Gasteiger partial charge in [0.2, 0.25) is 10.0 Å². The van der Waals surface area contributed by atoms with Gasteiger partial charge in [-0.05, 0) is 43.4 Å². The fraction of sp³-hybridized carbons (Fsp3) is 0.588. The highest BCUT2D eigenvalue weighted by atomic mass is 32.2. The van der Waals surface area contributed by atoms with Crippen molar-refractivity contribution in [3.05, 3.63) is 29.6 Å².